The molecule has 4 rings (SSSR count). The van der Waals surface area contributed by atoms with Gasteiger partial charge in [0.2, 0.25) is 17.7 Å². The van der Waals surface area contributed by atoms with Crippen LogP contribution in [-0.4, -0.2) is 46.8 Å². The van der Waals surface area contributed by atoms with Crippen LogP contribution in [0.5, 0.6) is 0 Å². The van der Waals surface area contributed by atoms with Gasteiger partial charge in [-0.15, -0.1) is 0 Å². The molecule has 1 aliphatic carbocycles. The van der Waals surface area contributed by atoms with Crippen LogP contribution in [0.3, 0.4) is 0 Å². The number of hydrogen-bond acceptors (Lipinski definition) is 5. The molecule has 1 fully saturated rings. The van der Waals surface area contributed by atoms with Crippen molar-refractivity contribution in [2.75, 3.05) is 0 Å². The van der Waals surface area contributed by atoms with Gasteiger partial charge in [-0.05, 0) is 36.5 Å². The summed E-state index contributed by atoms with van der Waals surface area (Å²) in [6.45, 7) is 0.266. The van der Waals surface area contributed by atoms with E-state index in [1.54, 1.807) is 0 Å². The topological polar surface area (TPSA) is 144 Å². The number of carbonyl (C=O) groups excluding carboxylic acids is 4. The van der Waals surface area contributed by atoms with Gasteiger partial charge in [0.05, 0.1) is 6.21 Å². The number of hydrogen-bond donors (Lipinski definition) is 5. The molecule has 9 nitrogen and oxygen atoms in total. The molecule has 1 heterocycles. The van der Waals surface area contributed by atoms with Crippen LogP contribution in [0.25, 0.3) is 10.9 Å². The van der Waals surface area contributed by atoms with Crippen LogP contribution in [-0.2, 0) is 32.1 Å². The fourth-order valence-corrected chi connectivity index (χ4v) is 5.02. The van der Waals surface area contributed by atoms with E-state index in [0.29, 0.717) is 6.21 Å². The Balaban J connectivity index is 1.51. The molecule has 3 aromatic rings. The maximum absolute atomic E-state index is 13.6. The lowest BCUT2D eigenvalue weighted by atomic mass is 10.0. The minimum Gasteiger partial charge on any atom is -0.361 e. The van der Waals surface area contributed by atoms with E-state index in [-0.39, 0.29) is 37.6 Å². The summed E-state index contributed by atoms with van der Waals surface area (Å²) >= 11 is 0. The fourth-order valence-electron chi connectivity index (χ4n) is 5.02. The minimum absolute atomic E-state index is 0.0386. The van der Waals surface area contributed by atoms with E-state index in [1.807, 2.05) is 60.8 Å². The number of H-pyrrole nitrogens is 1. The van der Waals surface area contributed by atoms with E-state index < -0.39 is 29.7 Å². The highest BCUT2D eigenvalue weighted by molar-refractivity contribution is 6.26. The summed E-state index contributed by atoms with van der Waals surface area (Å²) in [6.07, 6.45) is 6.33. The van der Waals surface area contributed by atoms with E-state index in [9.17, 15) is 19.2 Å². The van der Waals surface area contributed by atoms with E-state index >= 15 is 0 Å². The van der Waals surface area contributed by atoms with Crippen molar-refractivity contribution in [2.45, 2.75) is 63.6 Å². The number of ketones is 1. The molecule has 2 aromatic carbocycles. The first-order valence-corrected chi connectivity index (χ1v) is 13.4. The average molecular weight is 530 g/mol. The molecule has 1 aromatic heterocycles. The number of Topliss-reactive ketones (excluding diaryl/α,β-unsaturated/α-hetero) is 1. The summed E-state index contributed by atoms with van der Waals surface area (Å²) in [4.78, 5) is 54.8. The summed E-state index contributed by atoms with van der Waals surface area (Å²) in [5.74, 6) is -1.64. The molecule has 0 saturated heterocycles. The Kier molecular flexibility index (Phi) is 9.61. The summed E-state index contributed by atoms with van der Waals surface area (Å²) in [5.41, 5.74) is 2.70. The summed E-state index contributed by atoms with van der Waals surface area (Å²) in [5, 5.41) is 16.7. The van der Waals surface area contributed by atoms with Crippen molar-refractivity contribution in [1.29, 1.82) is 5.41 Å². The zero-order chi connectivity index (χ0) is 27.6. The number of rotatable bonds is 13. The Morgan fingerprint density at radius 3 is 2.38 bits per heavy atom. The molecule has 0 bridgehead atoms. The second kappa shape index (κ2) is 13.5. The van der Waals surface area contributed by atoms with Crippen LogP contribution < -0.4 is 16.0 Å². The summed E-state index contributed by atoms with van der Waals surface area (Å²) < 4.78 is 0. The monoisotopic (exact) mass is 529 g/mol. The summed E-state index contributed by atoms with van der Waals surface area (Å²) in [7, 11) is 0. The van der Waals surface area contributed by atoms with Crippen molar-refractivity contribution < 1.29 is 19.2 Å². The van der Waals surface area contributed by atoms with Gasteiger partial charge in [-0.3, -0.25) is 19.2 Å². The van der Waals surface area contributed by atoms with E-state index in [2.05, 4.69) is 20.9 Å². The lowest BCUT2D eigenvalue weighted by molar-refractivity contribution is -0.133. The number of carbonyl (C=O) groups is 4. The quantitative estimate of drug-likeness (QED) is 0.217. The maximum atomic E-state index is 13.6. The maximum Gasteiger partial charge on any atom is 0.243 e. The summed E-state index contributed by atoms with van der Waals surface area (Å²) in [6, 6.07) is 15.2. The van der Waals surface area contributed by atoms with Gasteiger partial charge in [0.25, 0.3) is 0 Å². The average Bonchev–Trinajstić information content (AvgIpc) is 3.65. The van der Waals surface area contributed by atoms with Gasteiger partial charge in [0.1, 0.15) is 12.1 Å². The van der Waals surface area contributed by atoms with Gasteiger partial charge in [-0.1, -0.05) is 61.4 Å². The van der Waals surface area contributed by atoms with Crippen LogP contribution in [0.2, 0.25) is 0 Å². The van der Waals surface area contributed by atoms with Crippen LogP contribution >= 0.6 is 0 Å². The number of amides is 3. The molecular weight excluding hydrogens is 494 g/mol. The van der Waals surface area contributed by atoms with Crippen LogP contribution in [0.1, 0.15) is 49.7 Å². The molecule has 0 aliphatic heterocycles. The lowest BCUT2D eigenvalue weighted by Crippen LogP contribution is -2.55. The van der Waals surface area contributed by atoms with Crippen molar-refractivity contribution in [2.24, 2.45) is 5.92 Å². The highest BCUT2D eigenvalue weighted by atomic mass is 16.2. The lowest BCUT2D eigenvalue weighted by Gasteiger charge is -2.24. The third-order valence-electron chi connectivity index (χ3n) is 7.24. The van der Waals surface area contributed by atoms with Crippen LogP contribution in [0.4, 0.5) is 0 Å². The van der Waals surface area contributed by atoms with E-state index in [4.69, 9.17) is 5.41 Å². The van der Waals surface area contributed by atoms with Gasteiger partial charge in [-0.25, -0.2) is 0 Å². The number of nitrogens with one attached hydrogen (secondary N) is 5. The molecule has 1 aliphatic rings. The highest BCUT2D eigenvalue weighted by Gasteiger charge is 2.31. The Hall–Kier alpha value is -4.27. The van der Waals surface area contributed by atoms with Crippen molar-refractivity contribution in [1.82, 2.24) is 20.9 Å². The second-order valence-electron chi connectivity index (χ2n) is 10.0. The van der Waals surface area contributed by atoms with Gasteiger partial charge in [0, 0.05) is 42.4 Å². The zero-order valence-corrected chi connectivity index (χ0v) is 21.9. The largest absolute Gasteiger partial charge is 0.361 e. The molecule has 204 valence electrons. The Morgan fingerprint density at radius 2 is 1.64 bits per heavy atom. The van der Waals surface area contributed by atoms with Gasteiger partial charge in [-0.2, -0.15) is 0 Å². The minimum atomic E-state index is -1.00. The first kappa shape index (κ1) is 27.8. The third kappa shape index (κ3) is 7.63. The van der Waals surface area contributed by atoms with Crippen molar-refractivity contribution in [3.05, 3.63) is 71.9 Å². The van der Waals surface area contributed by atoms with Gasteiger partial charge < -0.3 is 26.3 Å². The first-order chi connectivity index (χ1) is 18.9. The molecule has 3 amide bonds. The zero-order valence-electron chi connectivity index (χ0n) is 21.9. The number of aromatic nitrogens is 1. The Morgan fingerprint density at radius 1 is 0.923 bits per heavy atom. The third-order valence-corrected chi connectivity index (χ3v) is 7.24. The molecule has 1 saturated carbocycles. The Bertz CT molecular complexity index is 1310. The normalized spacial score (nSPS) is 14.9. The Labute approximate surface area is 227 Å². The predicted octanol–water partition coefficient (Wildman–Crippen LogP) is 3.19. The predicted molar refractivity (Wildman–Crippen MR) is 149 cm³/mol. The number of benzene rings is 2. The molecule has 0 radical (unpaired) electrons. The van der Waals surface area contributed by atoms with Crippen molar-refractivity contribution in [3.8, 4) is 0 Å². The van der Waals surface area contributed by atoms with E-state index in [1.165, 1.54) is 0 Å². The molecule has 0 unspecified atom stereocenters. The smallest absolute Gasteiger partial charge is 0.243 e. The van der Waals surface area contributed by atoms with Crippen molar-refractivity contribution >= 4 is 40.6 Å². The number of aromatic amines is 1. The molecule has 0 spiro atoms. The molecule has 5 N–H and O–H groups in total. The fraction of sp³-hybridized carbons (Fsp3) is 0.367. The number of fused-ring (bicyclic) bond motifs is 1. The SMILES string of the molecule is N=CC(=O)CC[C@H](NC(=O)[C@H](Cc1c[nH]c2ccccc12)NC(=O)C1CCCC1)C(=O)NCc1ccccc1. The molecular formula is C30H35N5O4. The highest BCUT2D eigenvalue weighted by Crippen LogP contribution is 2.25. The molecule has 39 heavy (non-hydrogen) atoms. The van der Waals surface area contributed by atoms with Gasteiger partial charge in [0.15, 0.2) is 5.78 Å². The molecule has 9 heteroatoms. The van der Waals surface area contributed by atoms with Crippen LogP contribution in [0.15, 0.2) is 60.8 Å². The standard InChI is InChI=1S/C30H35N5O4/c31-17-23(36)14-15-26(29(38)33-18-20-8-2-1-3-9-20)34-30(39)27(35-28(37)21-10-4-5-11-21)16-22-19-32-25-13-7-6-12-24(22)25/h1-3,6-9,12-13,17,19,21,26-27,31-32H,4-5,10-11,14-16,18H2,(H,33,38)(H,34,39)(H,35,37)/t26-,27-/m0/s1. The van der Waals surface area contributed by atoms with Crippen molar-refractivity contribution in [3.63, 3.8) is 0 Å². The number of para-hydroxylation sites is 1. The van der Waals surface area contributed by atoms with E-state index in [0.717, 1.165) is 47.7 Å². The first-order valence-electron chi connectivity index (χ1n) is 13.4. The van der Waals surface area contributed by atoms with Crippen LogP contribution in [0, 0.1) is 11.3 Å². The second-order valence-corrected chi connectivity index (χ2v) is 10.0. The van der Waals surface area contributed by atoms with Gasteiger partial charge >= 0.3 is 0 Å². The molecule has 2 atom stereocenters.